The second-order valence-electron chi connectivity index (χ2n) is 7.04. The third kappa shape index (κ3) is 6.45. The first-order valence-electron chi connectivity index (χ1n) is 8.08. The van der Waals surface area contributed by atoms with Gasteiger partial charge >= 0.3 is 0 Å². The zero-order chi connectivity index (χ0) is 16.8. The van der Waals surface area contributed by atoms with Crippen molar-refractivity contribution >= 4 is 17.7 Å². The molecule has 0 bridgehead atoms. The van der Waals surface area contributed by atoms with E-state index in [1.807, 2.05) is 20.8 Å². The van der Waals surface area contributed by atoms with Gasteiger partial charge in [-0.3, -0.25) is 14.4 Å². The van der Waals surface area contributed by atoms with Crippen molar-refractivity contribution in [3.8, 4) is 0 Å². The minimum atomic E-state index is -0.550. The molecule has 0 unspecified atom stereocenters. The molecule has 0 radical (unpaired) electrons. The second kappa shape index (κ2) is 8.15. The molecule has 22 heavy (non-hydrogen) atoms. The smallest absolute Gasteiger partial charge is 0.242 e. The Morgan fingerprint density at radius 1 is 1.14 bits per heavy atom. The van der Waals surface area contributed by atoms with E-state index in [-0.39, 0.29) is 36.7 Å². The lowest BCUT2D eigenvalue weighted by molar-refractivity contribution is -0.130. The molecule has 1 rings (SSSR count). The Morgan fingerprint density at radius 3 is 2.27 bits per heavy atom. The summed E-state index contributed by atoms with van der Waals surface area (Å²) < 4.78 is 0. The van der Waals surface area contributed by atoms with Crippen molar-refractivity contribution in [2.45, 2.75) is 71.9 Å². The highest BCUT2D eigenvalue weighted by molar-refractivity contribution is 5.88. The highest BCUT2D eigenvalue weighted by Gasteiger charge is 2.23. The number of nitrogens with one attached hydrogen (secondary N) is 3. The van der Waals surface area contributed by atoms with E-state index in [9.17, 15) is 14.4 Å². The van der Waals surface area contributed by atoms with Gasteiger partial charge in [-0.2, -0.15) is 0 Å². The summed E-state index contributed by atoms with van der Waals surface area (Å²) in [6, 6.07) is -0.302. The zero-order valence-corrected chi connectivity index (χ0v) is 14.1. The van der Waals surface area contributed by atoms with Crippen molar-refractivity contribution in [3.05, 3.63) is 0 Å². The van der Waals surface area contributed by atoms with Crippen molar-refractivity contribution in [1.82, 2.24) is 16.0 Å². The van der Waals surface area contributed by atoms with Crippen LogP contribution >= 0.6 is 0 Å². The van der Waals surface area contributed by atoms with E-state index in [1.54, 1.807) is 6.92 Å². The summed E-state index contributed by atoms with van der Waals surface area (Å²) in [4.78, 5) is 35.4. The summed E-state index contributed by atoms with van der Waals surface area (Å²) in [6.07, 6.45) is 4.51. The summed E-state index contributed by atoms with van der Waals surface area (Å²) in [5.41, 5.74) is -0.467. The molecule has 0 aromatic heterocycles. The van der Waals surface area contributed by atoms with Crippen molar-refractivity contribution in [3.63, 3.8) is 0 Å². The highest BCUT2D eigenvalue weighted by atomic mass is 16.2. The third-order valence-corrected chi connectivity index (χ3v) is 3.79. The van der Waals surface area contributed by atoms with E-state index >= 15 is 0 Å². The normalized spacial score (nSPS) is 16.9. The van der Waals surface area contributed by atoms with Crippen LogP contribution in [0.4, 0.5) is 0 Å². The van der Waals surface area contributed by atoms with Gasteiger partial charge in [0.05, 0.1) is 0 Å². The van der Waals surface area contributed by atoms with E-state index in [1.165, 1.54) is 0 Å². The van der Waals surface area contributed by atoms with Gasteiger partial charge in [0.25, 0.3) is 0 Å². The first-order valence-corrected chi connectivity index (χ1v) is 8.08. The maximum atomic E-state index is 12.0. The lowest BCUT2D eigenvalue weighted by Crippen LogP contribution is -2.48. The van der Waals surface area contributed by atoms with Gasteiger partial charge < -0.3 is 16.0 Å². The largest absolute Gasteiger partial charge is 0.355 e. The lowest BCUT2D eigenvalue weighted by atomic mass is 9.96. The van der Waals surface area contributed by atoms with Crippen molar-refractivity contribution in [2.75, 3.05) is 6.54 Å². The predicted molar refractivity (Wildman–Crippen MR) is 85.1 cm³/mol. The summed E-state index contributed by atoms with van der Waals surface area (Å²) >= 11 is 0. The van der Waals surface area contributed by atoms with Crippen LogP contribution in [0.2, 0.25) is 0 Å². The molecule has 1 aliphatic rings. The van der Waals surface area contributed by atoms with Gasteiger partial charge in [-0.25, -0.2) is 0 Å². The fraction of sp³-hybridized carbons (Fsp3) is 0.812. The van der Waals surface area contributed by atoms with Crippen LogP contribution in [0.5, 0.6) is 0 Å². The fourth-order valence-corrected chi connectivity index (χ4v) is 2.33. The van der Waals surface area contributed by atoms with Crippen LogP contribution in [-0.4, -0.2) is 36.3 Å². The first kappa shape index (κ1) is 18.5. The molecule has 0 saturated heterocycles. The van der Waals surface area contributed by atoms with Gasteiger partial charge in [0, 0.05) is 24.4 Å². The molecule has 1 atom stereocenters. The first-order chi connectivity index (χ1) is 10.2. The number of rotatable bonds is 6. The summed E-state index contributed by atoms with van der Waals surface area (Å²) in [7, 11) is 0. The number of carbonyl (C=O) groups is 3. The van der Waals surface area contributed by atoms with Crippen LogP contribution in [0.3, 0.4) is 0 Å². The maximum absolute atomic E-state index is 12.0. The van der Waals surface area contributed by atoms with Crippen molar-refractivity contribution < 1.29 is 14.4 Å². The Kier molecular flexibility index (Phi) is 6.84. The van der Waals surface area contributed by atoms with Gasteiger partial charge in [0.2, 0.25) is 17.7 Å². The van der Waals surface area contributed by atoms with E-state index in [0.717, 1.165) is 25.7 Å². The molecule has 6 nitrogen and oxygen atoms in total. The third-order valence-electron chi connectivity index (χ3n) is 3.79. The monoisotopic (exact) mass is 311 g/mol. The summed E-state index contributed by atoms with van der Waals surface area (Å²) in [6.45, 7) is 7.41. The van der Waals surface area contributed by atoms with Crippen LogP contribution in [0, 0.1) is 5.41 Å². The molecule has 0 heterocycles. The van der Waals surface area contributed by atoms with Crippen LogP contribution < -0.4 is 16.0 Å². The average Bonchev–Trinajstić information content (AvgIpc) is 2.90. The van der Waals surface area contributed by atoms with Crippen LogP contribution in [0.25, 0.3) is 0 Å². The Labute approximate surface area is 132 Å². The fourth-order valence-electron chi connectivity index (χ4n) is 2.33. The van der Waals surface area contributed by atoms with Crippen LogP contribution in [0.1, 0.15) is 59.8 Å². The minimum absolute atomic E-state index is 0.0904. The van der Waals surface area contributed by atoms with Gasteiger partial charge in [-0.1, -0.05) is 33.6 Å². The molecular formula is C16H29N3O3. The molecule has 1 saturated carbocycles. The molecule has 0 aromatic carbocycles. The topological polar surface area (TPSA) is 87.3 Å². The van der Waals surface area contributed by atoms with Gasteiger partial charge in [0.1, 0.15) is 6.04 Å². The standard InChI is InChI=1S/C16H29N3O3/c1-11(14(21)19-12-7-5-6-8-12)18-13(20)9-10-17-15(22)16(2,3)4/h11-12H,5-10H2,1-4H3,(H,17,22)(H,18,20)(H,19,21)/t11-/m1/s1. The van der Waals surface area contributed by atoms with E-state index < -0.39 is 11.5 Å². The molecule has 6 heteroatoms. The number of carbonyl (C=O) groups excluding carboxylic acids is 3. The Bertz CT molecular complexity index is 409. The lowest BCUT2D eigenvalue weighted by Gasteiger charge is -2.19. The molecule has 3 amide bonds. The van der Waals surface area contributed by atoms with Gasteiger partial charge in [-0.15, -0.1) is 0 Å². The Hall–Kier alpha value is -1.59. The number of hydrogen-bond donors (Lipinski definition) is 3. The Balaban J connectivity index is 2.23. The molecule has 0 aliphatic heterocycles. The van der Waals surface area contributed by atoms with E-state index in [0.29, 0.717) is 0 Å². The highest BCUT2D eigenvalue weighted by Crippen LogP contribution is 2.17. The molecule has 0 aromatic rings. The summed E-state index contributed by atoms with van der Waals surface area (Å²) in [5.74, 6) is -0.463. The minimum Gasteiger partial charge on any atom is -0.355 e. The molecular weight excluding hydrogens is 282 g/mol. The van der Waals surface area contributed by atoms with E-state index in [2.05, 4.69) is 16.0 Å². The number of hydrogen-bond acceptors (Lipinski definition) is 3. The average molecular weight is 311 g/mol. The molecule has 3 N–H and O–H groups in total. The predicted octanol–water partition coefficient (Wildman–Crippen LogP) is 1.10. The van der Waals surface area contributed by atoms with Crippen molar-refractivity contribution in [2.24, 2.45) is 5.41 Å². The molecule has 126 valence electrons. The molecule has 1 fully saturated rings. The quantitative estimate of drug-likeness (QED) is 0.686. The van der Waals surface area contributed by atoms with Gasteiger partial charge in [0.15, 0.2) is 0 Å². The van der Waals surface area contributed by atoms with Gasteiger partial charge in [-0.05, 0) is 19.8 Å². The molecule has 1 aliphatic carbocycles. The van der Waals surface area contributed by atoms with E-state index in [4.69, 9.17) is 0 Å². The Morgan fingerprint density at radius 2 is 1.73 bits per heavy atom. The number of amides is 3. The SMILES string of the molecule is C[C@@H](NC(=O)CCNC(=O)C(C)(C)C)C(=O)NC1CCCC1. The summed E-state index contributed by atoms with van der Waals surface area (Å²) in [5, 5.41) is 8.33. The zero-order valence-electron chi connectivity index (χ0n) is 14.1. The van der Waals surface area contributed by atoms with Crippen molar-refractivity contribution in [1.29, 1.82) is 0 Å². The maximum Gasteiger partial charge on any atom is 0.242 e. The van der Waals surface area contributed by atoms with Crippen LogP contribution in [-0.2, 0) is 14.4 Å². The second-order valence-corrected chi connectivity index (χ2v) is 7.04. The van der Waals surface area contributed by atoms with Crippen LogP contribution in [0.15, 0.2) is 0 Å². The molecule has 0 spiro atoms.